The fourth-order valence-electron chi connectivity index (χ4n) is 3.94. The first kappa shape index (κ1) is 15.3. The molecule has 1 saturated carbocycles. The zero-order chi connectivity index (χ0) is 15.7. The fourth-order valence-corrected chi connectivity index (χ4v) is 3.94. The average Bonchev–Trinajstić information content (AvgIpc) is 2.90. The van der Waals surface area contributed by atoms with Crippen molar-refractivity contribution in [1.82, 2.24) is 5.32 Å². The highest BCUT2D eigenvalue weighted by molar-refractivity contribution is 5.65. The van der Waals surface area contributed by atoms with Crippen LogP contribution >= 0.6 is 0 Å². The van der Waals surface area contributed by atoms with Gasteiger partial charge >= 0.3 is 6.09 Å². The number of nitrogens with one attached hydrogen (secondary N) is 1. The molecule has 5 heteroatoms. The van der Waals surface area contributed by atoms with Gasteiger partial charge in [-0.25, -0.2) is 4.79 Å². The largest absolute Gasteiger partial charge is 0.465 e. The fraction of sp³-hybridized carbons (Fsp3) is 0.588. The lowest BCUT2D eigenvalue weighted by molar-refractivity contribution is 0.139. The summed E-state index contributed by atoms with van der Waals surface area (Å²) >= 11 is 0. The second kappa shape index (κ2) is 5.89. The lowest BCUT2D eigenvalue weighted by Gasteiger charge is -2.27. The Hall–Kier alpha value is -1.59. The van der Waals surface area contributed by atoms with Gasteiger partial charge in [0.25, 0.3) is 0 Å². The van der Waals surface area contributed by atoms with E-state index in [9.17, 15) is 15.0 Å². The van der Waals surface area contributed by atoms with E-state index < -0.39 is 11.6 Å². The minimum Gasteiger partial charge on any atom is -0.465 e. The number of carbonyl (C=O) groups is 1. The molecule has 22 heavy (non-hydrogen) atoms. The van der Waals surface area contributed by atoms with E-state index in [1.54, 1.807) is 0 Å². The molecule has 3 rings (SSSR count). The van der Waals surface area contributed by atoms with Crippen molar-refractivity contribution in [3.05, 3.63) is 34.9 Å². The highest BCUT2D eigenvalue weighted by Gasteiger charge is 2.40. The zero-order valence-electron chi connectivity index (χ0n) is 12.6. The maximum absolute atomic E-state index is 10.9. The summed E-state index contributed by atoms with van der Waals surface area (Å²) in [7, 11) is 0. The van der Waals surface area contributed by atoms with Crippen molar-refractivity contribution in [2.24, 2.45) is 0 Å². The summed E-state index contributed by atoms with van der Waals surface area (Å²) in [5, 5.41) is 30.8. The maximum Gasteiger partial charge on any atom is 0.405 e. The second-order valence-corrected chi connectivity index (χ2v) is 6.73. The summed E-state index contributed by atoms with van der Waals surface area (Å²) in [5.41, 5.74) is 3.04. The topological polar surface area (TPSA) is 89.8 Å². The Labute approximate surface area is 130 Å². The van der Waals surface area contributed by atoms with Gasteiger partial charge in [-0.1, -0.05) is 18.2 Å². The molecule has 0 aromatic heterocycles. The molecule has 1 amide bonds. The molecule has 2 aliphatic rings. The van der Waals surface area contributed by atoms with Crippen LogP contribution in [0.2, 0.25) is 0 Å². The van der Waals surface area contributed by atoms with E-state index in [0.717, 1.165) is 25.7 Å². The molecular weight excluding hydrogens is 282 g/mol. The predicted octanol–water partition coefficient (Wildman–Crippen LogP) is 1.80. The van der Waals surface area contributed by atoms with Gasteiger partial charge in [0.15, 0.2) is 0 Å². The Kier molecular flexibility index (Phi) is 4.10. The quantitative estimate of drug-likeness (QED) is 0.685. The summed E-state index contributed by atoms with van der Waals surface area (Å²) in [6.45, 7) is -0.160. The molecule has 5 nitrogen and oxygen atoms in total. The Morgan fingerprint density at radius 1 is 1.32 bits per heavy atom. The zero-order valence-corrected chi connectivity index (χ0v) is 12.6. The smallest absolute Gasteiger partial charge is 0.405 e. The molecular formula is C17H23NO4. The number of hydrogen-bond donors (Lipinski definition) is 4. The van der Waals surface area contributed by atoms with Gasteiger partial charge in [0.1, 0.15) is 0 Å². The van der Waals surface area contributed by atoms with E-state index in [4.69, 9.17) is 5.11 Å². The number of amides is 1. The van der Waals surface area contributed by atoms with Crippen LogP contribution in [0, 0.1) is 0 Å². The molecule has 0 bridgehead atoms. The molecule has 1 fully saturated rings. The van der Waals surface area contributed by atoms with Crippen molar-refractivity contribution < 1.29 is 20.1 Å². The van der Waals surface area contributed by atoms with E-state index in [2.05, 4.69) is 23.5 Å². The summed E-state index contributed by atoms with van der Waals surface area (Å²) in [5.74, 6) is 0.274. The van der Waals surface area contributed by atoms with Gasteiger partial charge in [-0.15, -0.1) is 0 Å². The number of aliphatic hydroxyl groups is 2. The van der Waals surface area contributed by atoms with Crippen LogP contribution in [-0.2, 0) is 12.8 Å². The Balaban J connectivity index is 1.77. The molecule has 0 saturated heterocycles. The number of carboxylic acid groups (broad SMARTS) is 1. The number of aliphatic hydroxyl groups excluding tert-OH is 2. The normalized spacial score (nSPS) is 30.8. The van der Waals surface area contributed by atoms with Gasteiger partial charge in [0.2, 0.25) is 0 Å². The van der Waals surface area contributed by atoms with Crippen LogP contribution < -0.4 is 5.32 Å². The first-order valence-electron chi connectivity index (χ1n) is 7.93. The molecule has 0 heterocycles. The number of aryl methyl sites for hydroxylation is 1. The van der Waals surface area contributed by atoms with Crippen molar-refractivity contribution in [2.75, 3.05) is 6.61 Å². The molecule has 0 radical (unpaired) electrons. The molecule has 1 aromatic rings. The average molecular weight is 305 g/mol. The maximum atomic E-state index is 10.9. The van der Waals surface area contributed by atoms with Gasteiger partial charge in [0.05, 0.1) is 18.2 Å². The summed E-state index contributed by atoms with van der Waals surface area (Å²) in [6, 6.07) is 6.40. The Morgan fingerprint density at radius 3 is 2.86 bits per heavy atom. The molecule has 2 aliphatic carbocycles. The molecule has 1 aromatic carbocycles. The summed E-state index contributed by atoms with van der Waals surface area (Å²) < 4.78 is 0. The Bertz CT molecular complexity index is 574. The highest BCUT2D eigenvalue weighted by Crippen LogP contribution is 2.41. The van der Waals surface area contributed by atoms with E-state index in [0.29, 0.717) is 12.8 Å². The first-order valence-corrected chi connectivity index (χ1v) is 7.93. The van der Waals surface area contributed by atoms with Crippen molar-refractivity contribution in [1.29, 1.82) is 0 Å². The monoisotopic (exact) mass is 305 g/mol. The van der Waals surface area contributed by atoms with Gasteiger partial charge in [-0.2, -0.15) is 0 Å². The third kappa shape index (κ3) is 2.96. The molecule has 1 unspecified atom stereocenters. The van der Waals surface area contributed by atoms with E-state index in [-0.39, 0.29) is 18.6 Å². The molecule has 3 atom stereocenters. The molecule has 0 spiro atoms. The first-order chi connectivity index (χ1) is 10.5. The van der Waals surface area contributed by atoms with Crippen molar-refractivity contribution in [3.8, 4) is 0 Å². The predicted molar refractivity (Wildman–Crippen MR) is 82.0 cm³/mol. The van der Waals surface area contributed by atoms with Crippen LogP contribution in [0.15, 0.2) is 18.2 Å². The SMILES string of the molecule is O=C(O)N[C@]1(CO)CC[C@H](c2ccc3c(c2)CCC(O)C3)C1. The van der Waals surface area contributed by atoms with Crippen LogP contribution in [0.25, 0.3) is 0 Å². The number of benzene rings is 1. The van der Waals surface area contributed by atoms with Crippen molar-refractivity contribution >= 4 is 6.09 Å². The second-order valence-electron chi connectivity index (χ2n) is 6.73. The number of rotatable bonds is 3. The summed E-state index contributed by atoms with van der Waals surface area (Å²) in [6.07, 6.45) is 3.30. The van der Waals surface area contributed by atoms with Crippen molar-refractivity contribution in [3.63, 3.8) is 0 Å². The van der Waals surface area contributed by atoms with E-state index in [1.165, 1.54) is 16.7 Å². The molecule has 4 N–H and O–H groups in total. The number of fused-ring (bicyclic) bond motifs is 1. The highest BCUT2D eigenvalue weighted by atomic mass is 16.4. The van der Waals surface area contributed by atoms with Gasteiger partial charge in [-0.3, -0.25) is 0 Å². The molecule has 0 aliphatic heterocycles. The third-order valence-electron chi connectivity index (χ3n) is 5.19. The van der Waals surface area contributed by atoms with Crippen molar-refractivity contribution in [2.45, 2.75) is 56.1 Å². The van der Waals surface area contributed by atoms with Crippen LogP contribution in [-0.4, -0.2) is 39.7 Å². The van der Waals surface area contributed by atoms with E-state index >= 15 is 0 Å². The van der Waals surface area contributed by atoms with Crippen LogP contribution in [0.3, 0.4) is 0 Å². The lowest BCUT2D eigenvalue weighted by atomic mass is 9.85. The van der Waals surface area contributed by atoms with Crippen LogP contribution in [0.5, 0.6) is 0 Å². The standard InChI is InChI=1S/C17H23NO4/c19-10-17(18-16(21)22)6-5-14(9-17)12-1-2-13-8-15(20)4-3-11(13)7-12/h1-2,7,14-15,18-20H,3-6,8-10H2,(H,21,22)/t14-,15?,17+/m0/s1. The number of hydrogen-bond acceptors (Lipinski definition) is 3. The Morgan fingerprint density at radius 2 is 2.14 bits per heavy atom. The van der Waals surface area contributed by atoms with E-state index in [1.807, 2.05) is 0 Å². The van der Waals surface area contributed by atoms with Crippen LogP contribution in [0.1, 0.15) is 48.3 Å². The van der Waals surface area contributed by atoms with Gasteiger partial charge < -0.3 is 20.6 Å². The van der Waals surface area contributed by atoms with Gasteiger partial charge in [-0.05, 0) is 61.1 Å². The van der Waals surface area contributed by atoms with Gasteiger partial charge in [0, 0.05) is 0 Å². The molecule has 120 valence electrons. The minimum absolute atomic E-state index is 0.160. The third-order valence-corrected chi connectivity index (χ3v) is 5.19. The lowest BCUT2D eigenvalue weighted by Crippen LogP contribution is -2.48. The van der Waals surface area contributed by atoms with Crippen LogP contribution in [0.4, 0.5) is 4.79 Å². The summed E-state index contributed by atoms with van der Waals surface area (Å²) in [4.78, 5) is 10.9. The minimum atomic E-state index is -1.07.